The van der Waals surface area contributed by atoms with Crippen LogP contribution in [0.4, 0.5) is 4.39 Å². The third-order valence-corrected chi connectivity index (χ3v) is 6.88. The summed E-state index contributed by atoms with van der Waals surface area (Å²) in [5.41, 5.74) is 1.55. The van der Waals surface area contributed by atoms with E-state index in [1.54, 1.807) is 9.80 Å². The summed E-state index contributed by atoms with van der Waals surface area (Å²) in [5, 5.41) is 0. The lowest BCUT2D eigenvalue weighted by atomic mass is 9.89. The van der Waals surface area contributed by atoms with Crippen molar-refractivity contribution in [1.82, 2.24) is 9.80 Å². The number of hydrogen-bond donors (Lipinski definition) is 0. The van der Waals surface area contributed by atoms with Crippen molar-refractivity contribution in [3.63, 3.8) is 0 Å². The molecule has 166 valence electrons. The van der Waals surface area contributed by atoms with Gasteiger partial charge in [0.25, 0.3) is 11.8 Å². The van der Waals surface area contributed by atoms with Crippen LogP contribution in [-0.2, 0) is 5.66 Å². The summed E-state index contributed by atoms with van der Waals surface area (Å²) in [6.45, 7) is 1.52. The largest absolute Gasteiger partial charge is 0.493 e. The monoisotopic (exact) mass is 442 g/mol. The number of hydrogen-bond acceptors (Lipinski definition) is 3. The Morgan fingerprint density at radius 3 is 2.42 bits per heavy atom. The van der Waals surface area contributed by atoms with Crippen LogP contribution in [0.15, 0.2) is 72.8 Å². The van der Waals surface area contributed by atoms with Crippen molar-refractivity contribution in [3.8, 4) is 5.75 Å². The molecule has 2 aliphatic heterocycles. The first-order chi connectivity index (χ1) is 16.1. The van der Waals surface area contributed by atoms with Gasteiger partial charge in [-0.2, -0.15) is 0 Å². The van der Waals surface area contributed by atoms with Crippen LogP contribution in [0.5, 0.6) is 5.75 Å². The van der Waals surface area contributed by atoms with Gasteiger partial charge in [0.15, 0.2) is 5.66 Å². The quantitative estimate of drug-likeness (QED) is 0.588. The number of carbonyl (C=O) groups is 2. The van der Waals surface area contributed by atoms with E-state index in [9.17, 15) is 14.0 Å². The lowest BCUT2D eigenvalue weighted by Crippen LogP contribution is -2.51. The second-order valence-electron chi connectivity index (χ2n) is 8.92. The maximum absolute atomic E-state index is 13.7. The molecule has 0 aromatic heterocycles. The summed E-state index contributed by atoms with van der Waals surface area (Å²) >= 11 is 0. The molecule has 0 N–H and O–H groups in total. The Morgan fingerprint density at radius 2 is 1.70 bits per heavy atom. The Hall–Kier alpha value is -3.67. The van der Waals surface area contributed by atoms with Gasteiger partial charge in [-0.05, 0) is 61.2 Å². The molecule has 3 aliphatic rings. The first-order valence-electron chi connectivity index (χ1n) is 11.3. The van der Waals surface area contributed by atoms with E-state index >= 15 is 0 Å². The molecule has 2 fully saturated rings. The smallest absolute Gasteiger partial charge is 0.256 e. The van der Waals surface area contributed by atoms with E-state index in [0.29, 0.717) is 36.7 Å². The van der Waals surface area contributed by atoms with Gasteiger partial charge in [-0.25, -0.2) is 4.39 Å². The van der Waals surface area contributed by atoms with Gasteiger partial charge in [-0.1, -0.05) is 30.3 Å². The van der Waals surface area contributed by atoms with Gasteiger partial charge >= 0.3 is 0 Å². The maximum Gasteiger partial charge on any atom is 0.256 e. The van der Waals surface area contributed by atoms with E-state index in [4.69, 9.17) is 4.74 Å². The van der Waals surface area contributed by atoms with Crippen LogP contribution in [0.2, 0.25) is 0 Å². The van der Waals surface area contributed by atoms with Crippen LogP contribution in [0.25, 0.3) is 0 Å². The molecule has 1 atom stereocenters. The van der Waals surface area contributed by atoms with E-state index in [0.717, 1.165) is 16.9 Å². The molecule has 6 rings (SSSR count). The number of amides is 2. The summed E-state index contributed by atoms with van der Waals surface area (Å²) in [4.78, 5) is 30.6. The molecule has 2 heterocycles. The molecule has 1 saturated heterocycles. The van der Waals surface area contributed by atoms with Gasteiger partial charge in [0, 0.05) is 35.3 Å². The number of fused-ring (bicyclic) bond motifs is 3. The van der Waals surface area contributed by atoms with Crippen molar-refractivity contribution in [3.05, 3.63) is 101 Å². The Labute approximate surface area is 191 Å². The van der Waals surface area contributed by atoms with Crippen LogP contribution in [0.1, 0.15) is 44.7 Å². The van der Waals surface area contributed by atoms with Gasteiger partial charge in [0.2, 0.25) is 0 Å². The van der Waals surface area contributed by atoms with Crippen molar-refractivity contribution in [1.29, 1.82) is 0 Å². The number of carbonyl (C=O) groups excluding carboxylic acids is 2. The molecule has 0 spiro atoms. The second kappa shape index (κ2) is 7.44. The molecule has 6 heteroatoms. The molecular weight excluding hydrogens is 419 g/mol. The molecule has 3 aromatic rings. The number of benzene rings is 3. The van der Waals surface area contributed by atoms with E-state index in [2.05, 4.69) is 0 Å². The van der Waals surface area contributed by atoms with Gasteiger partial charge in [0.1, 0.15) is 11.6 Å². The minimum absolute atomic E-state index is 0.0888. The highest BCUT2D eigenvalue weighted by molar-refractivity contribution is 6.03. The zero-order valence-electron chi connectivity index (χ0n) is 18.0. The fraction of sp³-hybridized carbons (Fsp3) is 0.259. The van der Waals surface area contributed by atoms with Gasteiger partial charge in [0.05, 0.1) is 6.61 Å². The molecule has 0 bridgehead atoms. The van der Waals surface area contributed by atoms with E-state index in [1.807, 2.05) is 48.5 Å². The Morgan fingerprint density at radius 1 is 0.970 bits per heavy atom. The Bertz CT molecular complexity index is 1240. The standard InChI is InChI=1S/C27H23FN2O3/c28-21-11-7-19(8-12-21)25(31)29-15-16-30-26(32)23-3-1-2-4-24(23)27(29,30)20-9-13-22(14-10-20)33-17-18-5-6-18/h1-4,7-14,18H,5-6,15-17H2. The van der Waals surface area contributed by atoms with Gasteiger partial charge in [-0.3, -0.25) is 9.59 Å². The molecule has 1 unspecified atom stereocenters. The SMILES string of the molecule is O=C(c1ccc(F)cc1)N1CCN2C(=O)c3ccccc3C12c1ccc(OCC2CC2)cc1. The molecule has 5 nitrogen and oxygen atoms in total. The molecule has 1 aliphatic carbocycles. The number of halogens is 1. The average Bonchev–Trinajstić information content (AvgIpc) is 3.54. The van der Waals surface area contributed by atoms with Crippen molar-refractivity contribution < 1.29 is 18.7 Å². The van der Waals surface area contributed by atoms with Crippen LogP contribution >= 0.6 is 0 Å². The van der Waals surface area contributed by atoms with E-state index in [1.165, 1.54) is 37.1 Å². The zero-order chi connectivity index (χ0) is 22.6. The topological polar surface area (TPSA) is 49.9 Å². The Balaban J connectivity index is 1.46. The number of rotatable bonds is 5. The highest BCUT2D eigenvalue weighted by Crippen LogP contribution is 2.50. The Kier molecular flexibility index (Phi) is 4.50. The first kappa shape index (κ1) is 20.0. The minimum atomic E-state index is -1.05. The molecule has 1 saturated carbocycles. The maximum atomic E-state index is 13.7. The van der Waals surface area contributed by atoms with Crippen molar-refractivity contribution >= 4 is 11.8 Å². The van der Waals surface area contributed by atoms with E-state index in [-0.39, 0.29) is 11.8 Å². The highest BCUT2D eigenvalue weighted by Gasteiger charge is 2.59. The van der Waals surface area contributed by atoms with Crippen molar-refractivity contribution in [2.45, 2.75) is 18.5 Å². The highest BCUT2D eigenvalue weighted by atomic mass is 19.1. The van der Waals surface area contributed by atoms with Crippen molar-refractivity contribution in [2.24, 2.45) is 5.92 Å². The van der Waals surface area contributed by atoms with Crippen molar-refractivity contribution in [2.75, 3.05) is 19.7 Å². The normalized spacial score (nSPS) is 21.2. The minimum Gasteiger partial charge on any atom is -0.493 e. The van der Waals surface area contributed by atoms with Crippen LogP contribution in [-0.4, -0.2) is 41.3 Å². The molecule has 0 radical (unpaired) electrons. The van der Waals surface area contributed by atoms with Gasteiger partial charge < -0.3 is 14.5 Å². The molecule has 2 amide bonds. The van der Waals surface area contributed by atoms with Crippen LogP contribution in [0.3, 0.4) is 0 Å². The summed E-state index contributed by atoms with van der Waals surface area (Å²) in [7, 11) is 0. The predicted molar refractivity (Wildman–Crippen MR) is 120 cm³/mol. The van der Waals surface area contributed by atoms with E-state index < -0.39 is 11.5 Å². The second-order valence-corrected chi connectivity index (χ2v) is 8.92. The number of ether oxygens (including phenoxy) is 1. The van der Waals surface area contributed by atoms with Gasteiger partial charge in [-0.15, -0.1) is 0 Å². The van der Waals surface area contributed by atoms with Crippen LogP contribution < -0.4 is 4.74 Å². The number of nitrogens with zero attached hydrogens (tertiary/aromatic N) is 2. The molecular formula is C27H23FN2O3. The zero-order valence-corrected chi connectivity index (χ0v) is 18.0. The lowest BCUT2D eigenvalue weighted by Gasteiger charge is -2.40. The first-order valence-corrected chi connectivity index (χ1v) is 11.3. The lowest BCUT2D eigenvalue weighted by molar-refractivity contribution is 0.0375. The fourth-order valence-corrected chi connectivity index (χ4v) is 5.07. The summed E-state index contributed by atoms with van der Waals surface area (Å²) < 4.78 is 19.4. The predicted octanol–water partition coefficient (Wildman–Crippen LogP) is 4.43. The average molecular weight is 442 g/mol. The molecule has 33 heavy (non-hydrogen) atoms. The third kappa shape index (κ3) is 3.04. The fourth-order valence-electron chi connectivity index (χ4n) is 5.07. The van der Waals surface area contributed by atoms with Crippen LogP contribution in [0, 0.1) is 11.7 Å². The molecule has 3 aromatic carbocycles. The summed E-state index contributed by atoms with van der Waals surface area (Å²) in [5.74, 6) is 0.704. The summed E-state index contributed by atoms with van der Waals surface area (Å²) in [6.07, 6.45) is 2.44. The third-order valence-electron chi connectivity index (χ3n) is 6.88. The summed E-state index contributed by atoms with van der Waals surface area (Å²) in [6, 6.07) is 20.7.